The van der Waals surface area contributed by atoms with Gasteiger partial charge < -0.3 is 15.5 Å². The number of aliphatic carboxylic acids is 1. The monoisotopic (exact) mass is 382 g/mol. The van der Waals surface area contributed by atoms with Gasteiger partial charge in [-0.1, -0.05) is 32.1 Å². The largest absolute Gasteiger partial charge is 0.505 e. The van der Waals surface area contributed by atoms with Gasteiger partial charge >= 0.3 is 5.97 Å². The van der Waals surface area contributed by atoms with Crippen molar-refractivity contribution in [1.82, 2.24) is 19.9 Å². The highest BCUT2D eigenvalue weighted by Crippen LogP contribution is 2.29. The van der Waals surface area contributed by atoms with Crippen LogP contribution in [0.25, 0.3) is 5.65 Å². The van der Waals surface area contributed by atoms with E-state index in [1.165, 1.54) is 42.9 Å². The van der Waals surface area contributed by atoms with E-state index in [9.17, 15) is 14.7 Å². The van der Waals surface area contributed by atoms with Gasteiger partial charge in [-0.15, -0.1) is 12.4 Å². The molecule has 0 aromatic carbocycles. The van der Waals surface area contributed by atoms with Gasteiger partial charge in [-0.3, -0.25) is 9.59 Å². The Labute approximate surface area is 157 Å². The number of halogens is 1. The number of hydrogen-bond acceptors (Lipinski definition) is 5. The molecule has 1 saturated carbocycles. The van der Waals surface area contributed by atoms with Crippen molar-refractivity contribution >= 4 is 29.9 Å². The predicted octanol–water partition coefficient (Wildman–Crippen LogP) is 2.18. The van der Waals surface area contributed by atoms with E-state index in [1.54, 1.807) is 6.07 Å². The topological polar surface area (TPSA) is 117 Å². The summed E-state index contributed by atoms with van der Waals surface area (Å²) in [4.78, 5) is 27.0. The smallest absolute Gasteiger partial charge is 0.322 e. The third-order valence-corrected chi connectivity index (χ3v) is 4.76. The molecule has 3 rings (SSSR count). The second-order valence-electron chi connectivity index (χ2n) is 6.52. The molecule has 2 aromatic rings. The van der Waals surface area contributed by atoms with Gasteiger partial charge in [0.25, 0.3) is 5.91 Å². The van der Waals surface area contributed by atoms with Crippen molar-refractivity contribution in [2.24, 2.45) is 5.92 Å². The second-order valence-corrected chi connectivity index (χ2v) is 6.52. The van der Waals surface area contributed by atoms with E-state index in [-0.39, 0.29) is 23.9 Å². The Hall–Kier alpha value is -2.35. The summed E-state index contributed by atoms with van der Waals surface area (Å²) in [5.41, 5.74) is 1.26. The van der Waals surface area contributed by atoms with Gasteiger partial charge in [-0.05, 0) is 24.8 Å². The number of carboxylic acid groups (broad SMARTS) is 1. The zero-order valence-electron chi connectivity index (χ0n) is 14.3. The first kappa shape index (κ1) is 20.0. The summed E-state index contributed by atoms with van der Waals surface area (Å²) in [6.45, 7) is -0.530. The third kappa shape index (κ3) is 4.43. The van der Waals surface area contributed by atoms with E-state index in [0.717, 1.165) is 18.4 Å². The summed E-state index contributed by atoms with van der Waals surface area (Å²) in [6.07, 6.45) is 9.45. The van der Waals surface area contributed by atoms with E-state index in [1.807, 2.05) is 0 Å². The Bertz CT molecular complexity index is 786. The maximum atomic E-state index is 12.2. The fraction of sp³-hybridized carbons (Fsp3) is 0.529. The lowest BCUT2D eigenvalue weighted by Gasteiger charge is -2.21. The molecule has 2 aromatic heterocycles. The Morgan fingerprint density at radius 3 is 2.69 bits per heavy atom. The van der Waals surface area contributed by atoms with Gasteiger partial charge in [0.2, 0.25) is 0 Å². The van der Waals surface area contributed by atoms with Gasteiger partial charge in [0, 0.05) is 5.56 Å². The summed E-state index contributed by atoms with van der Waals surface area (Å²) in [7, 11) is 0. The van der Waals surface area contributed by atoms with Crippen molar-refractivity contribution in [3.05, 3.63) is 23.7 Å². The standard InChI is InChI=1S/C17H22N4O4.ClH/c22-13-8-12(7-6-11-4-2-1-3-5-11)16-19-10-20-21(16)15(13)17(25)18-9-14(23)24;/h8,10-11,22H,1-7,9H2,(H,18,25)(H,23,24);1H. The predicted molar refractivity (Wildman–Crippen MR) is 96.8 cm³/mol. The van der Waals surface area contributed by atoms with Crippen LogP contribution in [0.4, 0.5) is 0 Å². The molecule has 3 N–H and O–H groups in total. The Morgan fingerprint density at radius 1 is 1.27 bits per heavy atom. The number of carboxylic acids is 1. The Kier molecular flexibility index (Phi) is 6.79. The fourth-order valence-electron chi connectivity index (χ4n) is 3.50. The minimum Gasteiger partial charge on any atom is -0.505 e. The highest BCUT2D eigenvalue weighted by Gasteiger charge is 2.21. The average Bonchev–Trinajstić information content (AvgIpc) is 3.08. The SMILES string of the molecule is Cl.O=C(O)CNC(=O)c1c(O)cc(CCC2CCCCC2)c2ncnn12. The number of nitrogens with one attached hydrogen (secondary N) is 1. The normalized spacial score (nSPS) is 14.8. The molecule has 0 spiro atoms. The van der Waals surface area contributed by atoms with Crippen LogP contribution in [-0.4, -0.2) is 43.2 Å². The van der Waals surface area contributed by atoms with Crippen molar-refractivity contribution in [3.8, 4) is 5.75 Å². The molecule has 0 bridgehead atoms. The molecule has 0 aliphatic heterocycles. The third-order valence-electron chi connectivity index (χ3n) is 4.76. The lowest BCUT2D eigenvalue weighted by molar-refractivity contribution is -0.135. The molecule has 9 heteroatoms. The average molecular weight is 383 g/mol. The van der Waals surface area contributed by atoms with E-state index in [0.29, 0.717) is 11.6 Å². The van der Waals surface area contributed by atoms with Gasteiger partial charge in [0.15, 0.2) is 11.3 Å². The van der Waals surface area contributed by atoms with Crippen LogP contribution in [0.15, 0.2) is 12.4 Å². The van der Waals surface area contributed by atoms with Crippen LogP contribution in [-0.2, 0) is 11.2 Å². The number of aromatic nitrogens is 3. The number of nitrogens with zero attached hydrogens (tertiary/aromatic N) is 3. The zero-order valence-corrected chi connectivity index (χ0v) is 15.2. The highest BCUT2D eigenvalue weighted by molar-refractivity contribution is 5.97. The van der Waals surface area contributed by atoms with Crippen molar-refractivity contribution in [1.29, 1.82) is 0 Å². The number of aromatic hydroxyl groups is 1. The maximum Gasteiger partial charge on any atom is 0.322 e. The number of rotatable bonds is 6. The van der Waals surface area contributed by atoms with Crippen molar-refractivity contribution in [2.45, 2.75) is 44.9 Å². The van der Waals surface area contributed by atoms with Crippen LogP contribution in [0, 0.1) is 5.92 Å². The van der Waals surface area contributed by atoms with Crippen molar-refractivity contribution in [2.75, 3.05) is 6.54 Å². The molecule has 26 heavy (non-hydrogen) atoms. The summed E-state index contributed by atoms with van der Waals surface area (Å²) < 4.78 is 1.28. The molecule has 142 valence electrons. The van der Waals surface area contributed by atoms with Crippen LogP contribution in [0.5, 0.6) is 5.75 Å². The lowest BCUT2D eigenvalue weighted by Crippen LogP contribution is -2.31. The maximum absolute atomic E-state index is 12.2. The first-order valence-electron chi connectivity index (χ1n) is 8.61. The van der Waals surface area contributed by atoms with Crippen LogP contribution in [0.2, 0.25) is 0 Å². The molecule has 1 aliphatic rings. The minimum atomic E-state index is -1.16. The first-order valence-corrected chi connectivity index (χ1v) is 8.61. The van der Waals surface area contributed by atoms with Gasteiger partial charge in [0.1, 0.15) is 18.6 Å². The van der Waals surface area contributed by atoms with Crippen molar-refractivity contribution < 1.29 is 19.8 Å². The number of carbonyl (C=O) groups is 2. The molecule has 0 saturated heterocycles. The summed E-state index contributed by atoms with van der Waals surface area (Å²) in [5.74, 6) is -1.39. The number of carbonyl (C=O) groups excluding carboxylic acids is 1. The number of amides is 1. The summed E-state index contributed by atoms with van der Waals surface area (Å²) in [6, 6.07) is 1.54. The molecule has 1 aliphatic carbocycles. The van der Waals surface area contributed by atoms with Gasteiger partial charge in [0.05, 0.1) is 0 Å². The number of aryl methyl sites for hydroxylation is 1. The summed E-state index contributed by atoms with van der Waals surface area (Å²) >= 11 is 0. The lowest BCUT2D eigenvalue weighted by atomic mass is 9.85. The number of fused-ring (bicyclic) bond motifs is 1. The van der Waals surface area contributed by atoms with E-state index < -0.39 is 18.4 Å². The Morgan fingerprint density at radius 2 is 2.00 bits per heavy atom. The molecule has 2 heterocycles. The van der Waals surface area contributed by atoms with Crippen LogP contribution < -0.4 is 5.32 Å². The first-order chi connectivity index (χ1) is 12.1. The minimum absolute atomic E-state index is 0. The molecule has 8 nitrogen and oxygen atoms in total. The van der Waals surface area contributed by atoms with E-state index in [4.69, 9.17) is 5.11 Å². The van der Waals surface area contributed by atoms with Crippen LogP contribution in [0.1, 0.15) is 54.6 Å². The summed E-state index contributed by atoms with van der Waals surface area (Å²) in [5, 5.41) is 25.2. The number of pyridine rings is 1. The second kappa shape index (κ2) is 8.84. The molecule has 0 radical (unpaired) electrons. The highest BCUT2D eigenvalue weighted by atomic mass is 35.5. The van der Waals surface area contributed by atoms with Gasteiger partial charge in [-0.2, -0.15) is 5.10 Å². The quantitative estimate of drug-likeness (QED) is 0.705. The number of hydrogen-bond donors (Lipinski definition) is 3. The zero-order chi connectivity index (χ0) is 17.8. The molecule has 1 fully saturated rings. The molecular formula is C17H23ClN4O4. The van der Waals surface area contributed by atoms with Crippen LogP contribution in [0.3, 0.4) is 0 Å². The van der Waals surface area contributed by atoms with E-state index in [2.05, 4.69) is 15.4 Å². The molecule has 0 atom stereocenters. The Balaban J connectivity index is 0.00000243. The van der Waals surface area contributed by atoms with Crippen molar-refractivity contribution in [3.63, 3.8) is 0 Å². The van der Waals surface area contributed by atoms with Crippen LogP contribution >= 0.6 is 12.4 Å². The molecular weight excluding hydrogens is 360 g/mol. The fourth-order valence-corrected chi connectivity index (χ4v) is 3.50. The van der Waals surface area contributed by atoms with E-state index >= 15 is 0 Å². The van der Waals surface area contributed by atoms with Gasteiger partial charge in [-0.25, -0.2) is 9.50 Å². The molecule has 0 unspecified atom stereocenters. The molecule has 1 amide bonds.